The summed E-state index contributed by atoms with van der Waals surface area (Å²) in [5.41, 5.74) is 0. The van der Waals surface area contributed by atoms with E-state index in [9.17, 15) is 9.59 Å². The van der Waals surface area contributed by atoms with Crippen molar-refractivity contribution in [1.29, 1.82) is 0 Å². The Morgan fingerprint density at radius 1 is 0.588 bits per heavy atom. The standard InChI is InChI=1S/C12H22O4.Bi.3H/c13-11(14)9-7-5-3-1-2-4-6-8-10-12(15)16;;;;/h1-10H2,(H,13,14)(H,15,16);;;;. The third-order valence-corrected chi connectivity index (χ3v) is 2.53. The van der Waals surface area contributed by atoms with E-state index in [2.05, 4.69) is 0 Å². The van der Waals surface area contributed by atoms with Gasteiger partial charge in [0.25, 0.3) is 0 Å². The van der Waals surface area contributed by atoms with E-state index in [0.717, 1.165) is 51.4 Å². The molecule has 0 aliphatic rings. The minimum atomic E-state index is -0.714. The van der Waals surface area contributed by atoms with E-state index in [-0.39, 0.29) is 39.0 Å². The maximum absolute atomic E-state index is 10.2. The van der Waals surface area contributed by atoms with Crippen molar-refractivity contribution in [3.8, 4) is 0 Å². The molecule has 0 aliphatic heterocycles. The van der Waals surface area contributed by atoms with Crippen molar-refractivity contribution in [3.63, 3.8) is 0 Å². The molecule has 102 valence electrons. The Kier molecular flexibility index (Phi) is 15.7. The van der Waals surface area contributed by atoms with E-state index in [0.29, 0.717) is 0 Å². The third-order valence-electron chi connectivity index (χ3n) is 2.53. The molecule has 5 heteroatoms. The second-order valence-electron chi connectivity index (χ2n) is 4.12. The molecular weight excluding hydrogens is 417 g/mol. The molecule has 4 nitrogen and oxygen atoms in total. The van der Waals surface area contributed by atoms with Crippen LogP contribution in [0, 0.1) is 0 Å². The van der Waals surface area contributed by atoms with Crippen LogP contribution in [0.25, 0.3) is 0 Å². The van der Waals surface area contributed by atoms with Gasteiger partial charge in [0.1, 0.15) is 0 Å². The van der Waals surface area contributed by atoms with Crippen LogP contribution in [-0.2, 0) is 9.59 Å². The van der Waals surface area contributed by atoms with E-state index < -0.39 is 11.9 Å². The van der Waals surface area contributed by atoms with Crippen molar-refractivity contribution in [2.75, 3.05) is 0 Å². The molecular formula is C12H25BiO4. The Hall–Kier alpha value is -0.177. The van der Waals surface area contributed by atoms with Crippen LogP contribution in [0.15, 0.2) is 0 Å². The van der Waals surface area contributed by atoms with Crippen LogP contribution in [0.4, 0.5) is 0 Å². The van der Waals surface area contributed by atoms with Crippen LogP contribution in [0.3, 0.4) is 0 Å². The molecule has 0 saturated heterocycles. The number of unbranched alkanes of at least 4 members (excludes halogenated alkanes) is 7. The number of hydrogen-bond donors (Lipinski definition) is 2. The van der Waals surface area contributed by atoms with Crippen LogP contribution in [-0.4, -0.2) is 48.4 Å². The van der Waals surface area contributed by atoms with Gasteiger partial charge in [0, 0.05) is 12.8 Å². The van der Waals surface area contributed by atoms with Crippen molar-refractivity contribution in [1.82, 2.24) is 0 Å². The molecule has 0 bridgehead atoms. The molecule has 0 saturated carbocycles. The summed E-state index contributed by atoms with van der Waals surface area (Å²) in [7, 11) is 0. The SMILES string of the molecule is O=C(O)CCCCCCCCCCC(=O)O.[BiH3]. The second-order valence-corrected chi connectivity index (χ2v) is 4.12. The quantitative estimate of drug-likeness (QED) is 0.379. The first-order chi connectivity index (χ1) is 7.63. The Labute approximate surface area is 122 Å². The van der Waals surface area contributed by atoms with Gasteiger partial charge in [0.15, 0.2) is 0 Å². The van der Waals surface area contributed by atoms with Gasteiger partial charge >= 0.3 is 38.1 Å². The van der Waals surface area contributed by atoms with Gasteiger partial charge < -0.3 is 10.2 Å². The van der Waals surface area contributed by atoms with Crippen LogP contribution >= 0.6 is 0 Å². The first-order valence-corrected chi connectivity index (χ1v) is 6.06. The fourth-order valence-corrected chi connectivity index (χ4v) is 1.61. The molecule has 0 aromatic heterocycles. The number of aliphatic carboxylic acids is 2. The third kappa shape index (κ3) is 18.4. The maximum atomic E-state index is 10.2. The Balaban J connectivity index is 0. The van der Waals surface area contributed by atoms with Crippen LogP contribution in [0.5, 0.6) is 0 Å². The van der Waals surface area contributed by atoms with Crippen molar-refractivity contribution in [3.05, 3.63) is 0 Å². The number of carbonyl (C=O) groups is 2. The van der Waals surface area contributed by atoms with Crippen molar-refractivity contribution in [2.45, 2.75) is 64.2 Å². The zero-order chi connectivity index (χ0) is 12.2. The Morgan fingerprint density at radius 2 is 0.824 bits per heavy atom. The van der Waals surface area contributed by atoms with E-state index in [4.69, 9.17) is 10.2 Å². The van der Waals surface area contributed by atoms with Crippen LogP contribution in [0.1, 0.15) is 64.2 Å². The molecule has 0 atom stereocenters. The summed E-state index contributed by atoms with van der Waals surface area (Å²) in [6.07, 6.45) is 8.51. The summed E-state index contributed by atoms with van der Waals surface area (Å²) in [5.74, 6) is -1.43. The fraction of sp³-hybridized carbons (Fsp3) is 0.833. The number of carboxylic acid groups (broad SMARTS) is 2. The first kappa shape index (κ1) is 19.2. The molecule has 0 aromatic rings. The van der Waals surface area contributed by atoms with Gasteiger partial charge in [-0.2, -0.15) is 0 Å². The van der Waals surface area contributed by atoms with E-state index in [1.807, 2.05) is 0 Å². The molecule has 0 fully saturated rings. The fourth-order valence-electron chi connectivity index (χ4n) is 1.61. The van der Waals surface area contributed by atoms with Gasteiger partial charge in [-0.25, -0.2) is 0 Å². The van der Waals surface area contributed by atoms with Crippen molar-refractivity contribution in [2.24, 2.45) is 0 Å². The first-order valence-electron chi connectivity index (χ1n) is 6.06. The summed E-state index contributed by atoms with van der Waals surface area (Å²) in [4.78, 5) is 20.4. The van der Waals surface area contributed by atoms with Crippen LogP contribution in [0.2, 0.25) is 0 Å². The minimum absolute atomic E-state index is 0. The topological polar surface area (TPSA) is 74.6 Å². The van der Waals surface area contributed by atoms with Gasteiger partial charge in [-0.05, 0) is 12.8 Å². The van der Waals surface area contributed by atoms with Crippen molar-refractivity contribution < 1.29 is 19.8 Å². The predicted molar refractivity (Wildman–Crippen MR) is 71.4 cm³/mol. The zero-order valence-electron chi connectivity index (χ0n) is 10.5. The zero-order valence-corrected chi connectivity index (χ0v) is 16.0. The normalized spacial score (nSPS) is 9.65. The molecule has 0 spiro atoms. The molecule has 0 heterocycles. The molecule has 0 radical (unpaired) electrons. The summed E-state index contributed by atoms with van der Waals surface area (Å²) in [5, 5.41) is 16.8. The van der Waals surface area contributed by atoms with Gasteiger partial charge in [0.05, 0.1) is 0 Å². The second kappa shape index (κ2) is 13.9. The molecule has 17 heavy (non-hydrogen) atoms. The monoisotopic (exact) mass is 442 g/mol. The van der Waals surface area contributed by atoms with Gasteiger partial charge in [-0.1, -0.05) is 38.5 Å². The van der Waals surface area contributed by atoms with Gasteiger partial charge in [-0.15, -0.1) is 0 Å². The van der Waals surface area contributed by atoms with E-state index in [1.54, 1.807) is 0 Å². The molecule has 0 amide bonds. The molecule has 2 N–H and O–H groups in total. The summed E-state index contributed by atoms with van der Waals surface area (Å²) < 4.78 is 0. The van der Waals surface area contributed by atoms with Gasteiger partial charge in [0.2, 0.25) is 0 Å². The predicted octanol–water partition coefficient (Wildman–Crippen LogP) is 1.87. The number of hydrogen-bond acceptors (Lipinski definition) is 2. The van der Waals surface area contributed by atoms with E-state index in [1.165, 1.54) is 0 Å². The number of rotatable bonds is 11. The summed E-state index contributed by atoms with van der Waals surface area (Å²) in [6, 6.07) is 0. The Morgan fingerprint density at radius 3 is 1.06 bits per heavy atom. The van der Waals surface area contributed by atoms with Crippen LogP contribution < -0.4 is 0 Å². The summed E-state index contributed by atoms with van der Waals surface area (Å²) in [6.45, 7) is 0. The summed E-state index contributed by atoms with van der Waals surface area (Å²) >= 11 is 0. The number of carboxylic acids is 2. The Bertz CT molecular complexity index is 185. The van der Waals surface area contributed by atoms with Gasteiger partial charge in [-0.3, -0.25) is 9.59 Å². The van der Waals surface area contributed by atoms with Crippen molar-refractivity contribution >= 4 is 38.1 Å². The molecule has 0 aromatic carbocycles. The van der Waals surface area contributed by atoms with E-state index >= 15 is 0 Å². The molecule has 0 unspecified atom stereocenters. The molecule has 0 rings (SSSR count). The average molecular weight is 442 g/mol. The molecule has 0 aliphatic carbocycles. The average Bonchev–Trinajstić information content (AvgIpc) is 2.20.